The minimum Gasteiger partial charge on any atom is -0.309 e. The first-order valence-electron chi connectivity index (χ1n) is 34.1. The van der Waals surface area contributed by atoms with Gasteiger partial charge in [-0.15, -0.1) is 0 Å². The summed E-state index contributed by atoms with van der Waals surface area (Å²) in [6, 6.07) is 121. The van der Waals surface area contributed by atoms with Crippen LogP contribution in [0.15, 0.2) is 350 Å². The number of benzene rings is 15. The molecular weight excluding hydrogens is 1220 g/mol. The topological polar surface area (TPSA) is 44.4 Å². The van der Waals surface area contributed by atoms with Crippen LogP contribution in [0.25, 0.3) is 121 Å². The first-order valence-corrected chi connectivity index (χ1v) is 34.5. The molecule has 0 fully saturated rings. The highest BCUT2D eigenvalue weighted by molar-refractivity contribution is 7.79. The summed E-state index contributed by atoms with van der Waals surface area (Å²) >= 11 is 4.80. The van der Waals surface area contributed by atoms with E-state index in [2.05, 4.69) is 349 Å². The number of anilines is 2. The minimum absolute atomic E-state index is 0.283. The number of hydrogen-bond donors (Lipinski definition) is 2. The van der Waals surface area contributed by atoms with E-state index in [1.165, 1.54) is 127 Å². The van der Waals surface area contributed by atoms with Gasteiger partial charge in [-0.2, -0.15) is 0 Å². The number of fused-ring (bicyclic) bond motifs is 27. The number of nitrogens with zero attached hydrogens (tertiary/aromatic N) is 3. The average Bonchev–Trinajstić information content (AvgIpc) is 1.52. The molecule has 0 aliphatic heterocycles. The Bertz CT molecular complexity index is 6150. The molecule has 21 rings (SSSR count). The fourth-order valence-electron chi connectivity index (χ4n) is 18.5. The molecule has 0 amide bonds. The molecule has 0 saturated carbocycles. The van der Waals surface area contributed by atoms with Gasteiger partial charge < -0.3 is 9.47 Å². The molecule has 460 valence electrons. The van der Waals surface area contributed by atoms with Gasteiger partial charge in [0.1, 0.15) is 5.71 Å². The van der Waals surface area contributed by atoms with Gasteiger partial charge in [0.25, 0.3) is 0 Å². The lowest BCUT2D eigenvalue weighted by atomic mass is 9.70. The summed E-state index contributed by atoms with van der Waals surface area (Å²) in [5.74, 6) is 0. The zero-order valence-electron chi connectivity index (χ0n) is 53.6. The molecule has 0 atom stereocenters. The third-order valence-electron chi connectivity index (χ3n) is 22.4. The summed E-state index contributed by atoms with van der Waals surface area (Å²) in [5, 5.41) is 17.7. The van der Waals surface area contributed by atoms with Gasteiger partial charge in [-0.3, -0.25) is 5.41 Å². The highest BCUT2D eigenvalue weighted by Crippen LogP contribution is 2.66. The summed E-state index contributed by atoms with van der Waals surface area (Å²) < 4.78 is 7.18. The molecule has 0 bridgehead atoms. The summed E-state index contributed by atoms with van der Waals surface area (Å²) in [7, 11) is 0. The average molecular weight is 1280 g/mol. The van der Waals surface area contributed by atoms with Crippen LogP contribution in [-0.4, -0.2) is 16.0 Å². The molecule has 5 aliphatic rings. The van der Waals surface area contributed by atoms with Crippen molar-refractivity contribution in [2.75, 3.05) is 4.90 Å². The van der Waals surface area contributed by atoms with E-state index in [0.717, 1.165) is 61.6 Å². The molecule has 16 aromatic rings. The van der Waals surface area contributed by atoms with Crippen molar-refractivity contribution in [3.8, 4) is 72.4 Å². The monoisotopic (exact) mass is 1270 g/mol. The molecule has 0 unspecified atom stereocenters. The van der Waals surface area contributed by atoms with Gasteiger partial charge in [-0.25, -0.2) is 4.40 Å². The van der Waals surface area contributed by atoms with E-state index in [9.17, 15) is 5.41 Å². The SMILES string of the molecule is N=C1C(c2ccc(-n3c4ccc5ccccc5c4c4c5ccccc5ccc43)cc2)=CC=C(N(c2ccc(-c3cccc4c3-c3ccccc3C43c4ccccc4-c4ccccc43)cc2)c2cccc(-c3cccc4c3-c3ccccc3C43c4ccccc4-c4ccccc43)c2)C1=NS. The largest absolute Gasteiger partial charge is 0.309 e. The molecule has 1 aromatic heterocycles. The van der Waals surface area contributed by atoms with Crippen molar-refractivity contribution in [2.24, 2.45) is 4.40 Å². The Hall–Kier alpha value is -12.4. The molecule has 99 heavy (non-hydrogen) atoms. The standard InChI is InChI=1S/C94H58N4S/c95-91-69(60-44-50-63(51-45-60)98-84-53-46-57-20-1-3-24-66(57)89(84)90-67-25-4-2-21-58(67)47-54-85(90)98)52-55-86(92(91)96-99)97(62-48-42-59(43-49-62)65-32-18-40-82-87(65)74-30-9-15-38-80(74)93(82)76-34-11-5-26-70(76)71-27-6-12-35-77(71)93)64-23-17-22-61(56-64)68-33-19-41-83-88(68)75-31-10-16-39-81(75)94(83)78-36-13-7-28-72(78)73-29-8-14-37-79(73)94/h1-56,95,99H. The van der Waals surface area contributed by atoms with Gasteiger partial charge in [-0.1, -0.05) is 279 Å². The lowest BCUT2D eigenvalue weighted by Gasteiger charge is -2.31. The quantitative estimate of drug-likeness (QED) is 0.121. The zero-order chi connectivity index (χ0) is 65.2. The molecule has 4 nitrogen and oxygen atoms in total. The van der Waals surface area contributed by atoms with E-state index in [-0.39, 0.29) is 5.71 Å². The van der Waals surface area contributed by atoms with Crippen LogP contribution < -0.4 is 4.90 Å². The third kappa shape index (κ3) is 7.49. The Kier molecular flexibility index (Phi) is 11.9. The Balaban J connectivity index is 0.720. The van der Waals surface area contributed by atoms with Crippen LogP contribution in [0.4, 0.5) is 11.4 Å². The maximum Gasteiger partial charge on any atom is 0.121 e. The maximum atomic E-state index is 10.3. The molecular formula is C94H58N4S. The Morgan fingerprint density at radius 2 is 0.727 bits per heavy atom. The van der Waals surface area contributed by atoms with Crippen molar-refractivity contribution in [1.82, 2.24) is 4.57 Å². The lowest BCUT2D eigenvalue weighted by Crippen LogP contribution is -2.30. The van der Waals surface area contributed by atoms with Gasteiger partial charge in [0.15, 0.2) is 0 Å². The smallest absolute Gasteiger partial charge is 0.121 e. The molecule has 2 spiro atoms. The predicted octanol–water partition coefficient (Wildman–Crippen LogP) is 23.5. The first-order chi connectivity index (χ1) is 49.0. The van der Waals surface area contributed by atoms with E-state index in [4.69, 9.17) is 17.2 Å². The van der Waals surface area contributed by atoms with Crippen molar-refractivity contribution in [1.29, 1.82) is 5.41 Å². The predicted molar refractivity (Wildman–Crippen MR) is 414 cm³/mol. The minimum atomic E-state index is -0.487. The highest BCUT2D eigenvalue weighted by Gasteiger charge is 2.54. The fourth-order valence-corrected chi connectivity index (χ4v) is 18.7. The molecule has 5 aliphatic carbocycles. The van der Waals surface area contributed by atoms with Crippen molar-refractivity contribution < 1.29 is 0 Å². The molecule has 15 aromatic carbocycles. The van der Waals surface area contributed by atoms with Gasteiger partial charge in [0.2, 0.25) is 0 Å². The summed E-state index contributed by atoms with van der Waals surface area (Å²) in [6.07, 6.45) is 4.23. The van der Waals surface area contributed by atoms with Crippen LogP contribution in [0.5, 0.6) is 0 Å². The van der Waals surface area contributed by atoms with E-state index < -0.39 is 10.8 Å². The van der Waals surface area contributed by atoms with Crippen molar-refractivity contribution in [3.05, 3.63) is 396 Å². The first kappa shape index (κ1) is 55.8. The Labute approximate surface area is 578 Å². The maximum absolute atomic E-state index is 10.3. The summed E-state index contributed by atoms with van der Waals surface area (Å²) in [4.78, 5) is 2.27. The van der Waals surface area contributed by atoms with Crippen molar-refractivity contribution >= 4 is 84.5 Å². The van der Waals surface area contributed by atoms with Crippen molar-refractivity contribution in [2.45, 2.75) is 10.8 Å². The van der Waals surface area contributed by atoms with Gasteiger partial charge in [0, 0.05) is 33.4 Å². The molecule has 0 radical (unpaired) electrons. The van der Waals surface area contributed by atoms with E-state index in [1.54, 1.807) is 0 Å². The van der Waals surface area contributed by atoms with E-state index >= 15 is 0 Å². The summed E-state index contributed by atoms with van der Waals surface area (Å²) in [6.45, 7) is 0. The number of aromatic nitrogens is 1. The Morgan fingerprint density at radius 3 is 1.22 bits per heavy atom. The number of thiol groups is 1. The van der Waals surface area contributed by atoms with Crippen LogP contribution in [0.1, 0.15) is 50.1 Å². The number of allylic oxidation sites excluding steroid dienone is 4. The van der Waals surface area contributed by atoms with Crippen LogP contribution >= 0.6 is 12.8 Å². The van der Waals surface area contributed by atoms with Crippen LogP contribution in [-0.2, 0) is 10.8 Å². The van der Waals surface area contributed by atoms with Gasteiger partial charge >= 0.3 is 0 Å². The molecule has 1 heterocycles. The second-order valence-electron chi connectivity index (χ2n) is 26.9. The molecule has 1 N–H and O–H groups in total. The second kappa shape index (κ2) is 21.0. The number of rotatable bonds is 7. The third-order valence-corrected chi connectivity index (χ3v) is 22.6. The summed E-state index contributed by atoms with van der Waals surface area (Å²) in [5.41, 5.74) is 32.5. The molecule has 5 heteroatoms. The van der Waals surface area contributed by atoms with Crippen LogP contribution in [0.2, 0.25) is 0 Å². The number of nitrogens with one attached hydrogen (secondary N) is 1. The second-order valence-corrected chi connectivity index (χ2v) is 27.1. The van der Waals surface area contributed by atoms with Gasteiger partial charge in [-0.05, 0) is 212 Å². The van der Waals surface area contributed by atoms with Crippen LogP contribution in [0, 0.1) is 5.41 Å². The van der Waals surface area contributed by atoms with Crippen LogP contribution in [0.3, 0.4) is 0 Å². The normalized spacial score (nSPS) is 14.8. The lowest BCUT2D eigenvalue weighted by molar-refractivity contribution is 0.794. The highest BCUT2D eigenvalue weighted by atomic mass is 32.1. The van der Waals surface area contributed by atoms with E-state index in [1.807, 2.05) is 0 Å². The Morgan fingerprint density at radius 1 is 0.323 bits per heavy atom. The zero-order valence-corrected chi connectivity index (χ0v) is 54.5. The fraction of sp³-hybridized carbons (Fsp3) is 0.0213. The van der Waals surface area contributed by atoms with Crippen molar-refractivity contribution in [3.63, 3.8) is 0 Å². The molecule has 0 saturated heterocycles. The number of hydrogen-bond acceptors (Lipinski definition) is 4. The van der Waals surface area contributed by atoms with Gasteiger partial charge in [0.05, 0.1) is 33.3 Å². The van der Waals surface area contributed by atoms with E-state index in [0.29, 0.717) is 5.71 Å².